The van der Waals surface area contributed by atoms with E-state index in [0.717, 1.165) is 77.0 Å². The Bertz CT molecular complexity index is 1570. The Kier molecular flexibility index (Phi) is 49.1. The molecule has 10 heteroatoms. The van der Waals surface area contributed by atoms with Gasteiger partial charge in [-0.1, -0.05) is 232 Å². The molecule has 2 unspecified atom stereocenters. The third kappa shape index (κ3) is 55.8. The molecule has 406 valence electrons. The molecule has 2 atom stereocenters. The second-order valence-corrected chi connectivity index (χ2v) is 21.0. The molecule has 0 aromatic rings. The Balaban J connectivity index is 4.34. The molecule has 0 rings (SSSR count). The van der Waals surface area contributed by atoms with Crippen molar-refractivity contribution in [3.63, 3.8) is 0 Å². The zero-order chi connectivity index (χ0) is 52.0. The molecule has 0 aromatic carbocycles. The molecular weight excluding hydrogens is 906 g/mol. The number of esters is 2. The summed E-state index contributed by atoms with van der Waals surface area (Å²) in [6, 6.07) is 0. The number of hydrogen-bond acceptors (Lipinski definition) is 7. The average molecular weight is 1010 g/mol. The second kappa shape index (κ2) is 51.6. The molecule has 0 aliphatic rings. The van der Waals surface area contributed by atoms with Crippen LogP contribution >= 0.6 is 7.82 Å². The van der Waals surface area contributed by atoms with Crippen molar-refractivity contribution in [1.82, 2.24) is 0 Å². The van der Waals surface area contributed by atoms with E-state index in [1.807, 2.05) is 27.2 Å². The molecular formula is C61H105NO8P+. The molecule has 0 heterocycles. The third-order valence-electron chi connectivity index (χ3n) is 11.6. The van der Waals surface area contributed by atoms with Gasteiger partial charge in [0.25, 0.3) is 0 Å². The van der Waals surface area contributed by atoms with Crippen LogP contribution in [0.5, 0.6) is 0 Å². The SMILES string of the molecule is CC/C=C\C/C=C\C/C=C\C/C=C\C/C=C\C/C=C\C/C=C\C/C=C\C/C=C\CCCC(=O)OC(COC(=O)CCCCCCCCCCCCCCCCCCCC)COP(=O)(O)OCC[N+](C)(C)C. The average Bonchev–Trinajstić information content (AvgIpc) is 3.33. The van der Waals surface area contributed by atoms with Crippen LogP contribution in [0.15, 0.2) is 109 Å². The van der Waals surface area contributed by atoms with Crippen LogP contribution in [0.25, 0.3) is 0 Å². The standard InChI is InChI=1S/C61H104NO8P/c1-6-8-10-12-14-16-18-20-22-24-26-27-28-29-30-31-32-33-34-35-36-38-40-42-44-46-48-50-52-54-61(64)70-59(58-69-71(65,66)68-56-55-62(3,4)5)57-67-60(63)53-51-49-47-45-43-41-39-37-25-23-21-19-17-15-13-11-9-7-2/h8,10,14,16,20,22,26-27,29-30,32-33,35-36,40,42,46,48,59H,6-7,9,11-13,15,17-19,21,23-25,28,31,34,37-39,41,43-45,47,49-58H2,1-5H3/p+1/b10-8-,16-14-,22-20-,27-26-,30-29-,33-32-,36-35-,42-40-,48-46-. The molecule has 9 nitrogen and oxygen atoms in total. The van der Waals surface area contributed by atoms with Gasteiger partial charge in [-0.05, 0) is 77.0 Å². The van der Waals surface area contributed by atoms with E-state index < -0.39 is 26.5 Å². The van der Waals surface area contributed by atoms with Gasteiger partial charge in [-0.15, -0.1) is 0 Å². The van der Waals surface area contributed by atoms with Gasteiger partial charge in [0.05, 0.1) is 27.7 Å². The number of phosphoric ester groups is 1. The minimum Gasteiger partial charge on any atom is -0.462 e. The molecule has 1 N–H and O–H groups in total. The highest BCUT2D eigenvalue weighted by Gasteiger charge is 2.27. The van der Waals surface area contributed by atoms with Crippen molar-refractivity contribution in [1.29, 1.82) is 0 Å². The number of ether oxygens (including phenoxy) is 2. The fourth-order valence-electron chi connectivity index (χ4n) is 7.25. The predicted octanol–water partition coefficient (Wildman–Crippen LogP) is 17.4. The Hall–Kier alpha value is -3.33. The molecule has 0 saturated carbocycles. The molecule has 0 spiro atoms. The summed E-state index contributed by atoms with van der Waals surface area (Å²) >= 11 is 0. The number of likely N-dealkylation sites (N-methyl/N-ethyl adjacent to an activating group) is 1. The molecule has 0 fully saturated rings. The van der Waals surface area contributed by atoms with Crippen LogP contribution in [-0.4, -0.2) is 74.9 Å². The Morgan fingerprint density at radius 3 is 1.18 bits per heavy atom. The van der Waals surface area contributed by atoms with E-state index in [1.165, 1.54) is 96.3 Å². The lowest BCUT2D eigenvalue weighted by Gasteiger charge is -2.24. The third-order valence-corrected chi connectivity index (χ3v) is 12.6. The van der Waals surface area contributed by atoms with Gasteiger partial charge in [-0.25, -0.2) is 4.57 Å². The summed E-state index contributed by atoms with van der Waals surface area (Å²) in [5.74, 6) is -0.869. The number of carbonyl (C=O) groups is 2. The van der Waals surface area contributed by atoms with Crippen molar-refractivity contribution < 1.29 is 42.1 Å². The van der Waals surface area contributed by atoms with Gasteiger partial charge in [0.2, 0.25) is 0 Å². The summed E-state index contributed by atoms with van der Waals surface area (Å²) in [5.41, 5.74) is 0. The summed E-state index contributed by atoms with van der Waals surface area (Å²) in [6.07, 6.45) is 71.6. The molecule has 0 radical (unpaired) electrons. The van der Waals surface area contributed by atoms with Gasteiger partial charge in [0, 0.05) is 12.8 Å². The lowest BCUT2D eigenvalue weighted by atomic mass is 10.0. The molecule has 0 amide bonds. The van der Waals surface area contributed by atoms with E-state index in [2.05, 4.69) is 117 Å². The molecule has 0 bridgehead atoms. The van der Waals surface area contributed by atoms with Crippen molar-refractivity contribution >= 4 is 19.8 Å². The zero-order valence-electron chi connectivity index (χ0n) is 45.9. The van der Waals surface area contributed by atoms with Crippen LogP contribution in [0.2, 0.25) is 0 Å². The topological polar surface area (TPSA) is 108 Å². The highest BCUT2D eigenvalue weighted by atomic mass is 31.2. The lowest BCUT2D eigenvalue weighted by Crippen LogP contribution is -2.37. The Labute approximate surface area is 436 Å². The smallest absolute Gasteiger partial charge is 0.462 e. The number of unbranched alkanes of at least 4 members (excludes halogenated alkanes) is 18. The summed E-state index contributed by atoms with van der Waals surface area (Å²) in [4.78, 5) is 35.6. The highest BCUT2D eigenvalue weighted by Crippen LogP contribution is 2.43. The van der Waals surface area contributed by atoms with Gasteiger partial charge < -0.3 is 18.9 Å². The van der Waals surface area contributed by atoms with Crippen LogP contribution in [0.4, 0.5) is 0 Å². The highest BCUT2D eigenvalue weighted by molar-refractivity contribution is 7.47. The quantitative estimate of drug-likeness (QED) is 0.0211. The van der Waals surface area contributed by atoms with Crippen molar-refractivity contribution in [2.45, 2.75) is 219 Å². The van der Waals surface area contributed by atoms with Crippen molar-refractivity contribution in [2.24, 2.45) is 0 Å². The molecule has 0 aliphatic heterocycles. The number of quaternary nitrogens is 1. The Morgan fingerprint density at radius 1 is 0.451 bits per heavy atom. The number of rotatable bonds is 50. The second-order valence-electron chi connectivity index (χ2n) is 19.6. The number of carbonyl (C=O) groups excluding carboxylic acids is 2. The van der Waals surface area contributed by atoms with Crippen molar-refractivity contribution in [2.75, 3.05) is 47.5 Å². The maximum atomic E-state index is 12.8. The van der Waals surface area contributed by atoms with Crippen LogP contribution in [-0.2, 0) is 32.7 Å². The van der Waals surface area contributed by atoms with E-state index in [9.17, 15) is 19.0 Å². The number of phosphoric acid groups is 1. The number of hydrogen-bond donors (Lipinski definition) is 1. The number of allylic oxidation sites excluding steroid dienone is 18. The predicted molar refractivity (Wildman–Crippen MR) is 302 cm³/mol. The Morgan fingerprint density at radius 2 is 0.803 bits per heavy atom. The summed E-state index contributed by atoms with van der Waals surface area (Å²) in [7, 11) is 1.43. The van der Waals surface area contributed by atoms with Gasteiger partial charge in [-0.2, -0.15) is 0 Å². The fraction of sp³-hybridized carbons (Fsp3) is 0.672. The minimum atomic E-state index is -4.41. The first kappa shape index (κ1) is 67.7. The van der Waals surface area contributed by atoms with Gasteiger partial charge in [0.1, 0.15) is 19.8 Å². The largest absolute Gasteiger partial charge is 0.472 e. The van der Waals surface area contributed by atoms with Gasteiger partial charge in [-0.3, -0.25) is 18.6 Å². The summed E-state index contributed by atoms with van der Waals surface area (Å²) < 4.78 is 34.4. The molecule has 0 aliphatic carbocycles. The van der Waals surface area contributed by atoms with E-state index in [-0.39, 0.29) is 32.0 Å². The van der Waals surface area contributed by atoms with E-state index in [1.54, 1.807) is 0 Å². The van der Waals surface area contributed by atoms with Gasteiger partial charge >= 0.3 is 19.8 Å². The zero-order valence-corrected chi connectivity index (χ0v) is 46.8. The summed E-state index contributed by atoms with van der Waals surface area (Å²) in [5, 5.41) is 0. The summed E-state index contributed by atoms with van der Waals surface area (Å²) in [6.45, 7) is 4.25. The van der Waals surface area contributed by atoms with Gasteiger partial charge in [0.15, 0.2) is 6.10 Å². The van der Waals surface area contributed by atoms with Crippen molar-refractivity contribution in [3.05, 3.63) is 109 Å². The first-order chi connectivity index (χ1) is 34.5. The lowest BCUT2D eigenvalue weighted by molar-refractivity contribution is -0.870. The maximum Gasteiger partial charge on any atom is 0.472 e. The monoisotopic (exact) mass is 1010 g/mol. The van der Waals surface area contributed by atoms with E-state index >= 15 is 0 Å². The van der Waals surface area contributed by atoms with E-state index in [4.69, 9.17) is 18.5 Å². The van der Waals surface area contributed by atoms with E-state index in [0.29, 0.717) is 23.9 Å². The van der Waals surface area contributed by atoms with Crippen molar-refractivity contribution in [3.8, 4) is 0 Å². The molecule has 0 aromatic heterocycles. The maximum absolute atomic E-state index is 12.8. The van der Waals surface area contributed by atoms with Crippen LogP contribution in [0.3, 0.4) is 0 Å². The van der Waals surface area contributed by atoms with Crippen LogP contribution in [0, 0.1) is 0 Å². The minimum absolute atomic E-state index is 0.0161. The molecule has 0 saturated heterocycles. The van der Waals surface area contributed by atoms with Crippen LogP contribution < -0.4 is 0 Å². The van der Waals surface area contributed by atoms with Crippen LogP contribution in [0.1, 0.15) is 213 Å². The first-order valence-corrected chi connectivity index (χ1v) is 29.6. The molecule has 71 heavy (non-hydrogen) atoms. The first-order valence-electron chi connectivity index (χ1n) is 28.1. The fourth-order valence-corrected chi connectivity index (χ4v) is 7.99. The normalized spacial score (nSPS) is 14.2. The number of nitrogens with zero attached hydrogens (tertiary/aromatic N) is 1.